The van der Waals surface area contributed by atoms with Crippen LogP contribution in [0.5, 0.6) is 0 Å². The van der Waals surface area contributed by atoms with Crippen molar-refractivity contribution in [2.24, 2.45) is 40.9 Å². The first-order valence-electron chi connectivity index (χ1n) is 14.7. The van der Waals surface area contributed by atoms with E-state index in [4.69, 9.17) is 4.74 Å². The van der Waals surface area contributed by atoms with Crippen LogP contribution in [0.3, 0.4) is 0 Å². The van der Waals surface area contributed by atoms with Crippen molar-refractivity contribution in [3.63, 3.8) is 0 Å². The number of piperidine rings is 1. The molecule has 0 bridgehead atoms. The van der Waals surface area contributed by atoms with Crippen LogP contribution >= 0.6 is 0 Å². The van der Waals surface area contributed by atoms with Gasteiger partial charge in [0.1, 0.15) is 0 Å². The first-order chi connectivity index (χ1) is 17.5. The summed E-state index contributed by atoms with van der Waals surface area (Å²) in [5.74, 6) is 3.22. The zero-order valence-corrected chi connectivity index (χ0v) is 22.7. The maximum absolute atomic E-state index is 13.8. The minimum Gasteiger partial charge on any atom is -0.369 e. The third-order valence-electron chi connectivity index (χ3n) is 12.3. The van der Waals surface area contributed by atoms with Gasteiger partial charge in [0.05, 0.1) is 11.7 Å². The summed E-state index contributed by atoms with van der Waals surface area (Å²) in [7, 11) is 0. The highest BCUT2D eigenvalue weighted by Crippen LogP contribution is 2.65. The summed E-state index contributed by atoms with van der Waals surface area (Å²) in [6.45, 7) is 10.5. The molecule has 6 aliphatic rings. The van der Waals surface area contributed by atoms with Crippen LogP contribution in [-0.4, -0.2) is 34.5 Å². The van der Waals surface area contributed by atoms with Gasteiger partial charge in [-0.1, -0.05) is 31.9 Å². The summed E-state index contributed by atoms with van der Waals surface area (Å²) >= 11 is 0. The van der Waals surface area contributed by atoms with Crippen molar-refractivity contribution < 1.29 is 17.9 Å². The van der Waals surface area contributed by atoms with E-state index >= 15 is 0 Å². The van der Waals surface area contributed by atoms with E-state index < -0.39 is 11.9 Å². The van der Waals surface area contributed by atoms with Gasteiger partial charge >= 0.3 is 6.18 Å². The number of alkyl halides is 3. The number of nitrogens with one attached hydrogen (secondary N) is 2. The van der Waals surface area contributed by atoms with Crippen molar-refractivity contribution in [3.05, 3.63) is 28.1 Å². The van der Waals surface area contributed by atoms with E-state index in [9.17, 15) is 13.2 Å². The zero-order valence-electron chi connectivity index (χ0n) is 22.7. The molecule has 0 radical (unpaired) electrons. The molecule has 0 aromatic carbocycles. The van der Waals surface area contributed by atoms with Gasteiger partial charge in [-0.05, 0) is 106 Å². The molecule has 10 atom stereocenters. The second-order valence-corrected chi connectivity index (χ2v) is 14.1. The third-order valence-corrected chi connectivity index (χ3v) is 12.3. The maximum Gasteiger partial charge on any atom is 0.435 e. The first-order valence-corrected chi connectivity index (χ1v) is 14.7. The molecule has 1 spiro atoms. The van der Waals surface area contributed by atoms with E-state index in [1.165, 1.54) is 18.4 Å². The van der Waals surface area contributed by atoms with Crippen molar-refractivity contribution in [1.29, 1.82) is 0 Å². The molecule has 7 heteroatoms. The number of ether oxygens (including phenoxy) is 1. The van der Waals surface area contributed by atoms with Gasteiger partial charge < -0.3 is 10.1 Å². The second kappa shape index (κ2) is 8.09. The number of hydrogen-bond acceptors (Lipinski definition) is 3. The molecule has 3 heterocycles. The average Bonchev–Trinajstić information content (AvgIpc) is 3.45. The third kappa shape index (κ3) is 3.51. The molecule has 1 aromatic heterocycles. The SMILES string of the molecule is CC1=C2C[C@H]3[C@@H](CC[C@@H]4Cc5[nH]nc(C(F)(F)F)c5C[C@@]43C)[C@@H]2CC[C@@]2(C1)O[C@@H]1C[C@H](C)CN[C@H]1[C@H]2C. The summed E-state index contributed by atoms with van der Waals surface area (Å²) in [4.78, 5) is 0. The molecule has 2 saturated carbocycles. The number of aromatic nitrogens is 2. The molecule has 2 saturated heterocycles. The van der Waals surface area contributed by atoms with Crippen LogP contribution in [-0.2, 0) is 23.8 Å². The Hall–Kier alpha value is -1.34. The van der Waals surface area contributed by atoms with E-state index in [0.29, 0.717) is 66.1 Å². The topological polar surface area (TPSA) is 49.9 Å². The Morgan fingerprint density at radius 2 is 1.89 bits per heavy atom. The quantitative estimate of drug-likeness (QED) is 0.388. The number of H-pyrrole nitrogens is 1. The van der Waals surface area contributed by atoms with Gasteiger partial charge in [-0.2, -0.15) is 18.3 Å². The number of fused-ring (bicyclic) bond motifs is 7. The van der Waals surface area contributed by atoms with Crippen LogP contribution in [0, 0.1) is 40.9 Å². The molecule has 2 N–H and O–H groups in total. The lowest BCUT2D eigenvalue weighted by Crippen LogP contribution is -2.48. The van der Waals surface area contributed by atoms with E-state index in [0.717, 1.165) is 44.3 Å². The van der Waals surface area contributed by atoms with Crippen molar-refractivity contribution in [3.8, 4) is 0 Å². The van der Waals surface area contributed by atoms with Gasteiger partial charge in [0, 0.05) is 23.2 Å². The lowest BCUT2D eigenvalue weighted by Gasteiger charge is -2.52. The molecule has 1 aromatic rings. The Morgan fingerprint density at radius 1 is 1.08 bits per heavy atom. The largest absolute Gasteiger partial charge is 0.435 e. The van der Waals surface area contributed by atoms with Gasteiger partial charge in [-0.3, -0.25) is 5.10 Å². The van der Waals surface area contributed by atoms with Crippen LogP contribution in [0.2, 0.25) is 0 Å². The number of halogens is 3. The highest BCUT2D eigenvalue weighted by Gasteiger charge is 2.60. The second-order valence-electron chi connectivity index (χ2n) is 14.1. The van der Waals surface area contributed by atoms with E-state index in [2.05, 4.69) is 43.2 Å². The highest BCUT2D eigenvalue weighted by molar-refractivity contribution is 5.35. The minimum absolute atomic E-state index is 0.0669. The average molecular weight is 518 g/mol. The minimum atomic E-state index is -4.39. The summed E-state index contributed by atoms with van der Waals surface area (Å²) in [6, 6.07) is 0.461. The Balaban J connectivity index is 1.18. The Morgan fingerprint density at radius 3 is 2.68 bits per heavy atom. The number of rotatable bonds is 0. The van der Waals surface area contributed by atoms with E-state index in [-0.39, 0.29) is 11.0 Å². The van der Waals surface area contributed by atoms with Crippen LogP contribution in [0.15, 0.2) is 11.1 Å². The summed E-state index contributed by atoms with van der Waals surface area (Å²) in [6.07, 6.45) is 4.99. The smallest absolute Gasteiger partial charge is 0.369 e. The monoisotopic (exact) mass is 517 g/mol. The molecule has 4 aliphatic carbocycles. The van der Waals surface area contributed by atoms with Crippen molar-refractivity contribution >= 4 is 0 Å². The normalized spacial score (nSPS) is 47.2. The van der Waals surface area contributed by atoms with Gasteiger partial charge in [0.15, 0.2) is 5.69 Å². The molecule has 0 unspecified atom stereocenters. The number of allylic oxidation sites excluding steroid dienone is 1. The molecule has 0 amide bonds. The van der Waals surface area contributed by atoms with Gasteiger partial charge in [0.2, 0.25) is 0 Å². The molecule has 4 fully saturated rings. The first kappa shape index (κ1) is 24.7. The fraction of sp³-hybridized carbons (Fsp3) is 0.833. The number of hydrogen-bond donors (Lipinski definition) is 2. The van der Waals surface area contributed by atoms with Crippen molar-refractivity contribution in [2.75, 3.05) is 6.54 Å². The van der Waals surface area contributed by atoms with Gasteiger partial charge in [0.25, 0.3) is 0 Å². The molecule has 37 heavy (non-hydrogen) atoms. The summed E-state index contributed by atoms with van der Waals surface area (Å²) < 4.78 is 48.3. The summed E-state index contributed by atoms with van der Waals surface area (Å²) in [5.41, 5.74) is 3.49. The van der Waals surface area contributed by atoms with Crippen LogP contribution in [0.4, 0.5) is 13.2 Å². The predicted octanol–water partition coefficient (Wildman–Crippen LogP) is 6.47. The van der Waals surface area contributed by atoms with Gasteiger partial charge in [-0.25, -0.2) is 0 Å². The number of nitrogens with zero attached hydrogens (tertiary/aromatic N) is 1. The Kier molecular flexibility index (Phi) is 5.40. The molecule has 2 aliphatic heterocycles. The Labute approximate surface area is 218 Å². The zero-order chi connectivity index (χ0) is 25.9. The summed E-state index contributed by atoms with van der Waals surface area (Å²) in [5, 5.41) is 10.3. The Bertz CT molecular complexity index is 1130. The lowest BCUT2D eigenvalue weighted by atomic mass is 9.52. The fourth-order valence-electron chi connectivity index (χ4n) is 10.3. The lowest BCUT2D eigenvalue weighted by molar-refractivity contribution is -0.142. The van der Waals surface area contributed by atoms with Crippen LogP contribution in [0.1, 0.15) is 89.6 Å². The molecular weight excluding hydrogens is 475 g/mol. The fourth-order valence-corrected chi connectivity index (χ4v) is 10.3. The van der Waals surface area contributed by atoms with Gasteiger partial charge in [-0.15, -0.1) is 0 Å². The maximum atomic E-state index is 13.8. The number of aromatic amines is 1. The van der Waals surface area contributed by atoms with Crippen molar-refractivity contribution in [1.82, 2.24) is 15.5 Å². The molecule has 4 nitrogen and oxygen atoms in total. The highest BCUT2D eigenvalue weighted by atomic mass is 19.4. The van der Waals surface area contributed by atoms with Crippen LogP contribution < -0.4 is 5.32 Å². The molecule has 7 rings (SSSR count). The van der Waals surface area contributed by atoms with E-state index in [1.54, 1.807) is 5.57 Å². The predicted molar refractivity (Wildman–Crippen MR) is 136 cm³/mol. The molecular formula is C30H42F3N3O. The van der Waals surface area contributed by atoms with Crippen molar-refractivity contribution in [2.45, 2.75) is 109 Å². The van der Waals surface area contributed by atoms with E-state index in [1.807, 2.05) is 0 Å². The molecule has 204 valence electrons. The standard InChI is InChI=1S/C30H42F3N3O/c1-15-9-25-26(34-14-15)17(3)29(37-25)8-7-19-20-6-5-18-10-24-22(27(36-35-24)30(31,32)33)13-28(18,4)23(20)11-21(19)16(2)12-29/h15,17-20,23,25-26,34H,5-14H2,1-4H3,(H,35,36)/t15-,17+,18+,19-,20-,23-,25+,26-,28-,29-/m0/s1. The van der Waals surface area contributed by atoms with Crippen LogP contribution in [0.25, 0.3) is 0 Å².